The van der Waals surface area contributed by atoms with Crippen molar-refractivity contribution in [3.8, 4) is 0 Å². The molecule has 3 saturated heterocycles. The second kappa shape index (κ2) is 10.8. The summed E-state index contributed by atoms with van der Waals surface area (Å²) in [5.41, 5.74) is -0.989. The smallest absolute Gasteiger partial charge is 0.246 e. The number of unbranched alkanes of at least 4 members (excludes halogenated alkanes) is 2. The summed E-state index contributed by atoms with van der Waals surface area (Å²) in [7, 11) is 0. The van der Waals surface area contributed by atoms with E-state index in [2.05, 4.69) is 33.5 Å². The highest BCUT2D eigenvalue weighted by atomic mass is 79.9. The van der Waals surface area contributed by atoms with Crippen molar-refractivity contribution in [2.24, 2.45) is 11.8 Å². The van der Waals surface area contributed by atoms with Crippen LogP contribution in [0.25, 0.3) is 0 Å². The fourth-order valence-electron chi connectivity index (χ4n) is 5.73. The number of hydrogen-bond acceptors (Lipinski definition) is 5. The van der Waals surface area contributed by atoms with E-state index < -0.39 is 29.6 Å². The first-order valence-corrected chi connectivity index (χ1v) is 13.0. The average Bonchev–Trinajstić information content (AvgIpc) is 3.33. The summed E-state index contributed by atoms with van der Waals surface area (Å²) < 4.78 is 6.44. The van der Waals surface area contributed by atoms with Crippen molar-refractivity contribution in [2.45, 2.75) is 94.3 Å². The van der Waals surface area contributed by atoms with Gasteiger partial charge in [-0.3, -0.25) is 14.4 Å². The highest BCUT2D eigenvalue weighted by Crippen LogP contribution is 2.60. The molecule has 2 bridgehead atoms. The molecule has 8 nitrogen and oxygen atoms in total. The van der Waals surface area contributed by atoms with Gasteiger partial charge >= 0.3 is 0 Å². The number of hydrogen-bond donors (Lipinski definition) is 3. The summed E-state index contributed by atoms with van der Waals surface area (Å²) in [6.07, 6.45) is 4.84. The van der Waals surface area contributed by atoms with Crippen molar-refractivity contribution in [3.05, 3.63) is 0 Å². The summed E-state index contributed by atoms with van der Waals surface area (Å²) in [6, 6.07) is -0.751. The fourth-order valence-corrected chi connectivity index (χ4v) is 6.68. The van der Waals surface area contributed by atoms with Crippen LogP contribution >= 0.6 is 15.9 Å². The normalized spacial score (nSPS) is 34.0. The zero-order valence-corrected chi connectivity index (χ0v) is 21.0. The molecule has 3 heterocycles. The van der Waals surface area contributed by atoms with Crippen molar-refractivity contribution in [2.75, 3.05) is 19.7 Å². The number of amides is 3. The SMILES string of the molecule is CCCNC(=O)[C@H]1[C@H]2C(=O)N(CCCCCO)C(C(=O)NC(C)CCC)C23CC(Br)[C@@H]1O3. The van der Waals surface area contributed by atoms with Gasteiger partial charge in [-0.05, 0) is 45.4 Å². The second-order valence-electron chi connectivity index (χ2n) is 9.47. The second-order valence-corrected chi connectivity index (χ2v) is 10.6. The lowest BCUT2D eigenvalue weighted by Gasteiger charge is -2.34. The van der Waals surface area contributed by atoms with E-state index in [9.17, 15) is 14.4 Å². The number of aliphatic hydroxyl groups is 1. The lowest BCUT2D eigenvalue weighted by Crippen LogP contribution is -2.57. The number of likely N-dealkylation sites (tertiary alicyclic amines) is 1. The predicted molar refractivity (Wildman–Crippen MR) is 124 cm³/mol. The molecule has 3 amide bonds. The Hall–Kier alpha value is -1.19. The number of carbonyl (C=O) groups excluding carboxylic acids is 3. The molecule has 182 valence electrons. The molecule has 0 aromatic carbocycles. The van der Waals surface area contributed by atoms with E-state index >= 15 is 0 Å². The van der Waals surface area contributed by atoms with Gasteiger partial charge in [0.1, 0.15) is 11.6 Å². The maximum absolute atomic E-state index is 13.7. The van der Waals surface area contributed by atoms with E-state index in [0.717, 1.165) is 25.7 Å². The lowest BCUT2D eigenvalue weighted by atomic mass is 9.70. The molecule has 0 aromatic heterocycles. The Morgan fingerprint density at radius 3 is 2.66 bits per heavy atom. The molecule has 4 unspecified atom stereocenters. The maximum atomic E-state index is 13.7. The summed E-state index contributed by atoms with van der Waals surface area (Å²) in [4.78, 5) is 41.8. The third-order valence-electron chi connectivity index (χ3n) is 7.06. The molecule has 3 aliphatic heterocycles. The van der Waals surface area contributed by atoms with Crippen LogP contribution in [0.5, 0.6) is 0 Å². The maximum Gasteiger partial charge on any atom is 0.246 e. The first kappa shape index (κ1) is 25.4. The Kier molecular flexibility index (Phi) is 8.60. The largest absolute Gasteiger partial charge is 0.396 e. The van der Waals surface area contributed by atoms with Crippen LogP contribution in [-0.2, 0) is 19.1 Å². The summed E-state index contributed by atoms with van der Waals surface area (Å²) in [6.45, 7) is 7.10. The minimum atomic E-state index is -0.989. The molecular formula is C23H38BrN3O5. The molecule has 32 heavy (non-hydrogen) atoms. The third kappa shape index (κ3) is 4.57. The minimum Gasteiger partial charge on any atom is -0.396 e. The van der Waals surface area contributed by atoms with Crippen LogP contribution in [0.4, 0.5) is 0 Å². The quantitative estimate of drug-likeness (QED) is 0.271. The van der Waals surface area contributed by atoms with Gasteiger partial charge in [0.25, 0.3) is 0 Å². The van der Waals surface area contributed by atoms with E-state index in [1.807, 2.05) is 13.8 Å². The van der Waals surface area contributed by atoms with Gasteiger partial charge in [0.05, 0.1) is 17.9 Å². The van der Waals surface area contributed by atoms with Crippen LogP contribution in [0.3, 0.4) is 0 Å². The molecule has 9 heteroatoms. The van der Waals surface area contributed by atoms with Crippen molar-refractivity contribution in [1.29, 1.82) is 0 Å². The number of alkyl halides is 1. The van der Waals surface area contributed by atoms with Crippen LogP contribution < -0.4 is 10.6 Å². The highest BCUT2D eigenvalue weighted by Gasteiger charge is 2.76. The zero-order valence-electron chi connectivity index (χ0n) is 19.4. The number of aliphatic hydroxyl groups excluding tert-OH is 1. The van der Waals surface area contributed by atoms with Crippen LogP contribution in [0.15, 0.2) is 0 Å². The number of ether oxygens (including phenoxy) is 1. The Morgan fingerprint density at radius 2 is 2.00 bits per heavy atom. The standard InChI is InChI=1S/C23H38BrN3O5/c1-4-9-14(3)26-21(30)19-23-13-15(24)18(32-23)16(20(29)25-10-5-2)17(23)22(31)27(19)11-7-6-8-12-28/h14-19,28H,4-13H2,1-3H3,(H,25,29)(H,26,30)/t14?,15?,16-,17-,18-,19?,23?/m0/s1. The van der Waals surface area contributed by atoms with Crippen molar-refractivity contribution in [3.63, 3.8) is 0 Å². The van der Waals surface area contributed by atoms with Gasteiger partial charge in [-0.25, -0.2) is 0 Å². The Balaban J connectivity index is 1.90. The predicted octanol–water partition coefficient (Wildman–Crippen LogP) is 1.73. The number of fused-ring (bicyclic) bond motifs is 1. The molecule has 0 aromatic rings. The minimum absolute atomic E-state index is 0.00342. The summed E-state index contributed by atoms with van der Waals surface area (Å²) in [5.74, 6) is -1.76. The first-order chi connectivity index (χ1) is 15.3. The molecule has 0 aliphatic carbocycles. The fraction of sp³-hybridized carbons (Fsp3) is 0.870. The van der Waals surface area contributed by atoms with E-state index in [1.165, 1.54) is 0 Å². The number of carbonyl (C=O) groups is 3. The molecular weight excluding hydrogens is 478 g/mol. The molecule has 3 fully saturated rings. The van der Waals surface area contributed by atoms with Crippen LogP contribution in [0, 0.1) is 11.8 Å². The number of rotatable bonds is 12. The molecule has 3 rings (SSSR count). The van der Waals surface area contributed by atoms with Gasteiger partial charge in [0.2, 0.25) is 17.7 Å². The van der Waals surface area contributed by atoms with E-state index in [0.29, 0.717) is 32.4 Å². The Morgan fingerprint density at radius 1 is 1.25 bits per heavy atom. The molecule has 7 atom stereocenters. The van der Waals surface area contributed by atoms with Crippen LogP contribution in [0.2, 0.25) is 0 Å². The van der Waals surface area contributed by atoms with Crippen molar-refractivity contribution < 1.29 is 24.2 Å². The van der Waals surface area contributed by atoms with Gasteiger partial charge in [-0.2, -0.15) is 0 Å². The van der Waals surface area contributed by atoms with Crippen molar-refractivity contribution >= 4 is 33.7 Å². The van der Waals surface area contributed by atoms with Gasteiger partial charge in [0.15, 0.2) is 0 Å². The lowest BCUT2D eigenvalue weighted by molar-refractivity contribution is -0.142. The van der Waals surface area contributed by atoms with Crippen molar-refractivity contribution in [1.82, 2.24) is 15.5 Å². The number of nitrogens with one attached hydrogen (secondary N) is 2. The van der Waals surface area contributed by atoms with E-state index in [-0.39, 0.29) is 35.2 Å². The average molecular weight is 516 g/mol. The molecule has 1 spiro atoms. The molecule has 3 N–H and O–H groups in total. The molecule has 0 radical (unpaired) electrons. The van der Waals surface area contributed by atoms with Crippen LogP contribution in [0.1, 0.15) is 65.7 Å². The molecule has 3 aliphatic rings. The Labute approximate surface area is 199 Å². The van der Waals surface area contributed by atoms with E-state index in [1.54, 1.807) is 4.90 Å². The Bertz CT molecular complexity index is 707. The van der Waals surface area contributed by atoms with Gasteiger partial charge in [-0.15, -0.1) is 0 Å². The van der Waals surface area contributed by atoms with Gasteiger partial charge in [0, 0.05) is 30.6 Å². The topological polar surface area (TPSA) is 108 Å². The van der Waals surface area contributed by atoms with Gasteiger partial charge < -0.3 is 25.4 Å². The summed E-state index contributed by atoms with van der Waals surface area (Å²) in [5, 5.41) is 15.1. The highest BCUT2D eigenvalue weighted by molar-refractivity contribution is 9.09. The summed E-state index contributed by atoms with van der Waals surface area (Å²) >= 11 is 3.67. The first-order valence-electron chi connectivity index (χ1n) is 12.1. The zero-order chi connectivity index (χ0) is 23.5. The monoisotopic (exact) mass is 515 g/mol. The van der Waals surface area contributed by atoms with E-state index in [4.69, 9.17) is 9.84 Å². The molecule has 0 saturated carbocycles. The third-order valence-corrected chi connectivity index (χ3v) is 7.90. The van der Waals surface area contributed by atoms with Gasteiger partial charge in [-0.1, -0.05) is 36.2 Å². The van der Waals surface area contributed by atoms with Crippen LogP contribution in [-0.4, -0.2) is 76.0 Å². The number of halogens is 1. The number of nitrogens with zero attached hydrogens (tertiary/aromatic N) is 1.